The zero-order valence-corrected chi connectivity index (χ0v) is 11.8. The molecular formula is C16H15N3O2. The molecule has 0 spiro atoms. The Kier molecular flexibility index (Phi) is 3.10. The number of aromatic nitrogens is 2. The van der Waals surface area contributed by atoms with Gasteiger partial charge in [0.2, 0.25) is 0 Å². The minimum Gasteiger partial charge on any atom is -0.378 e. The smallest absolute Gasteiger partial charge is 0.333 e. The van der Waals surface area contributed by atoms with E-state index in [1.165, 1.54) is 0 Å². The fourth-order valence-electron chi connectivity index (χ4n) is 2.30. The fourth-order valence-corrected chi connectivity index (χ4v) is 2.30. The van der Waals surface area contributed by atoms with Gasteiger partial charge in [-0.1, -0.05) is 12.1 Å². The second-order valence-electron chi connectivity index (χ2n) is 5.03. The van der Waals surface area contributed by atoms with E-state index in [1.807, 2.05) is 31.1 Å². The molecule has 3 rings (SSSR count). The first kappa shape index (κ1) is 13.2. The van der Waals surface area contributed by atoms with Gasteiger partial charge in [-0.25, -0.2) is 9.36 Å². The molecule has 0 fully saturated rings. The van der Waals surface area contributed by atoms with Crippen LogP contribution in [0.1, 0.15) is 0 Å². The van der Waals surface area contributed by atoms with Crippen LogP contribution >= 0.6 is 0 Å². The summed E-state index contributed by atoms with van der Waals surface area (Å²) in [5.41, 5.74) is 1.36. The lowest BCUT2D eigenvalue weighted by Crippen LogP contribution is -2.33. The summed E-state index contributed by atoms with van der Waals surface area (Å²) in [5.74, 6) is 0. The minimum absolute atomic E-state index is 0.313. The van der Waals surface area contributed by atoms with Crippen molar-refractivity contribution in [1.82, 2.24) is 9.55 Å². The summed E-state index contributed by atoms with van der Waals surface area (Å²) in [5, 5.41) is 0.494. The molecular weight excluding hydrogens is 266 g/mol. The predicted octanol–water partition coefficient (Wildman–Crippen LogP) is 1.74. The third-order valence-corrected chi connectivity index (χ3v) is 3.43. The van der Waals surface area contributed by atoms with Gasteiger partial charge in [-0.2, -0.15) is 0 Å². The number of H-pyrrole nitrogens is 1. The van der Waals surface area contributed by atoms with Crippen LogP contribution < -0.4 is 16.1 Å². The van der Waals surface area contributed by atoms with Gasteiger partial charge in [0.05, 0.1) is 16.6 Å². The first-order valence-corrected chi connectivity index (χ1v) is 6.60. The monoisotopic (exact) mass is 281 g/mol. The maximum absolute atomic E-state index is 12.5. The highest BCUT2D eigenvalue weighted by molar-refractivity contribution is 5.77. The summed E-state index contributed by atoms with van der Waals surface area (Å²) in [6.07, 6.45) is 0. The van der Waals surface area contributed by atoms with Crippen molar-refractivity contribution in [3.05, 3.63) is 69.4 Å². The topological polar surface area (TPSA) is 58.1 Å². The van der Waals surface area contributed by atoms with Crippen LogP contribution in [0.3, 0.4) is 0 Å². The Labute approximate surface area is 121 Å². The Morgan fingerprint density at radius 3 is 2.29 bits per heavy atom. The van der Waals surface area contributed by atoms with Crippen molar-refractivity contribution in [3.8, 4) is 5.69 Å². The minimum atomic E-state index is -0.434. The molecule has 0 radical (unpaired) electrons. The van der Waals surface area contributed by atoms with Crippen LogP contribution in [0, 0.1) is 0 Å². The van der Waals surface area contributed by atoms with E-state index in [0.29, 0.717) is 16.6 Å². The third-order valence-electron chi connectivity index (χ3n) is 3.43. The lowest BCUT2D eigenvalue weighted by Gasteiger charge is -2.13. The van der Waals surface area contributed by atoms with Crippen LogP contribution in [0.15, 0.2) is 58.1 Å². The number of rotatable bonds is 2. The first-order chi connectivity index (χ1) is 10.1. The number of benzene rings is 2. The Balaban J connectivity index is 2.25. The number of hydrogen-bond donors (Lipinski definition) is 1. The number of fused-ring (bicyclic) bond motifs is 1. The van der Waals surface area contributed by atoms with E-state index < -0.39 is 5.69 Å². The molecule has 0 saturated heterocycles. The first-order valence-electron chi connectivity index (χ1n) is 6.60. The van der Waals surface area contributed by atoms with Crippen LogP contribution in [-0.4, -0.2) is 23.6 Å². The van der Waals surface area contributed by atoms with Crippen molar-refractivity contribution in [3.63, 3.8) is 0 Å². The highest BCUT2D eigenvalue weighted by Crippen LogP contribution is 2.14. The molecule has 0 bridgehead atoms. The molecule has 0 amide bonds. The summed E-state index contributed by atoms with van der Waals surface area (Å²) in [6.45, 7) is 0. The van der Waals surface area contributed by atoms with Gasteiger partial charge in [-0.05, 0) is 36.4 Å². The molecule has 1 heterocycles. The molecule has 0 unspecified atom stereocenters. The van der Waals surface area contributed by atoms with Gasteiger partial charge in [-0.3, -0.25) is 4.79 Å². The van der Waals surface area contributed by atoms with E-state index in [4.69, 9.17) is 0 Å². The molecule has 3 aromatic rings. The summed E-state index contributed by atoms with van der Waals surface area (Å²) < 4.78 is 1.15. The standard InChI is InChI=1S/C16H15N3O2/c1-18(2)11-7-9-12(10-8-11)19-15(20)13-5-3-4-6-14(13)17-16(19)21/h3-10H,1-2H3,(H,17,21). The summed E-state index contributed by atoms with van der Waals surface area (Å²) >= 11 is 0. The molecule has 5 heteroatoms. The van der Waals surface area contributed by atoms with Gasteiger partial charge in [0.1, 0.15) is 0 Å². The summed E-state index contributed by atoms with van der Waals surface area (Å²) in [4.78, 5) is 29.4. The van der Waals surface area contributed by atoms with Crippen LogP contribution in [0.2, 0.25) is 0 Å². The second-order valence-corrected chi connectivity index (χ2v) is 5.03. The maximum Gasteiger partial charge on any atom is 0.333 e. The van der Waals surface area contributed by atoms with Crippen molar-refractivity contribution in [2.75, 3.05) is 19.0 Å². The lowest BCUT2D eigenvalue weighted by atomic mass is 10.2. The molecule has 0 aliphatic heterocycles. The van der Waals surface area contributed by atoms with E-state index in [2.05, 4.69) is 4.98 Å². The summed E-state index contributed by atoms with van der Waals surface area (Å²) in [6, 6.07) is 14.3. The zero-order valence-electron chi connectivity index (χ0n) is 11.8. The third kappa shape index (κ3) is 2.23. The van der Waals surface area contributed by atoms with Crippen molar-refractivity contribution in [2.45, 2.75) is 0 Å². The maximum atomic E-state index is 12.5. The highest BCUT2D eigenvalue weighted by Gasteiger charge is 2.09. The SMILES string of the molecule is CN(C)c1ccc(-n2c(=O)[nH]c3ccccc3c2=O)cc1. The molecule has 2 aromatic carbocycles. The zero-order chi connectivity index (χ0) is 15.0. The number of hydrogen-bond acceptors (Lipinski definition) is 3. The van der Waals surface area contributed by atoms with Crippen LogP contribution in [0.5, 0.6) is 0 Å². The van der Waals surface area contributed by atoms with Crippen molar-refractivity contribution in [2.24, 2.45) is 0 Å². The van der Waals surface area contributed by atoms with Crippen LogP contribution in [-0.2, 0) is 0 Å². The average molecular weight is 281 g/mol. The fraction of sp³-hybridized carbons (Fsp3) is 0.125. The van der Waals surface area contributed by atoms with E-state index in [1.54, 1.807) is 36.4 Å². The molecule has 0 aliphatic carbocycles. The van der Waals surface area contributed by atoms with Crippen molar-refractivity contribution < 1.29 is 0 Å². The lowest BCUT2D eigenvalue weighted by molar-refractivity contribution is 0.901. The van der Waals surface area contributed by atoms with Gasteiger partial charge in [0.15, 0.2) is 0 Å². The van der Waals surface area contributed by atoms with Gasteiger partial charge in [0.25, 0.3) is 5.56 Å². The number of nitrogens with one attached hydrogen (secondary N) is 1. The number of para-hydroxylation sites is 1. The second kappa shape index (κ2) is 4.94. The molecule has 21 heavy (non-hydrogen) atoms. The van der Waals surface area contributed by atoms with Crippen molar-refractivity contribution in [1.29, 1.82) is 0 Å². The van der Waals surface area contributed by atoms with Crippen molar-refractivity contribution >= 4 is 16.6 Å². The summed E-state index contributed by atoms with van der Waals surface area (Å²) in [7, 11) is 3.87. The molecule has 0 saturated carbocycles. The van der Waals surface area contributed by atoms with Gasteiger partial charge >= 0.3 is 5.69 Å². The molecule has 0 atom stereocenters. The average Bonchev–Trinajstić information content (AvgIpc) is 2.48. The Morgan fingerprint density at radius 1 is 0.952 bits per heavy atom. The van der Waals surface area contributed by atoms with Gasteiger partial charge < -0.3 is 9.88 Å². The van der Waals surface area contributed by atoms with Gasteiger partial charge in [0, 0.05) is 19.8 Å². The molecule has 106 valence electrons. The number of aromatic amines is 1. The van der Waals surface area contributed by atoms with E-state index in [9.17, 15) is 9.59 Å². The Morgan fingerprint density at radius 2 is 1.62 bits per heavy atom. The van der Waals surface area contributed by atoms with Gasteiger partial charge in [-0.15, -0.1) is 0 Å². The molecule has 1 N–H and O–H groups in total. The highest BCUT2D eigenvalue weighted by atomic mass is 16.2. The molecule has 5 nitrogen and oxygen atoms in total. The van der Waals surface area contributed by atoms with E-state index in [0.717, 1.165) is 10.3 Å². The Bertz CT molecular complexity index is 905. The normalized spacial score (nSPS) is 10.8. The van der Waals surface area contributed by atoms with E-state index in [-0.39, 0.29) is 5.56 Å². The molecule has 1 aromatic heterocycles. The Hall–Kier alpha value is -2.82. The van der Waals surface area contributed by atoms with E-state index >= 15 is 0 Å². The van der Waals surface area contributed by atoms with Crippen LogP contribution in [0.4, 0.5) is 5.69 Å². The largest absolute Gasteiger partial charge is 0.378 e. The number of anilines is 1. The number of nitrogens with zero attached hydrogens (tertiary/aromatic N) is 2. The molecule has 0 aliphatic rings. The quantitative estimate of drug-likeness (QED) is 0.778. The van der Waals surface area contributed by atoms with Crippen LogP contribution in [0.25, 0.3) is 16.6 Å². The predicted molar refractivity (Wildman–Crippen MR) is 84.5 cm³/mol.